The van der Waals surface area contributed by atoms with E-state index in [0.29, 0.717) is 37.2 Å². The first-order valence-electron chi connectivity index (χ1n) is 11.4. The topological polar surface area (TPSA) is 85.4 Å². The van der Waals surface area contributed by atoms with Gasteiger partial charge in [-0.15, -0.1) is 0 Å². The van der Waals surface area contributed by atoms with E-state index in [1.165, 1.54) is 14.2 Å². The summed E-state index contributed by atoms with van der Waals surface area (Å²) in [5, 5.41) is 0. The fourth-order valence-corrected chi connectivity index (χ4v) is 8.35. The number of piperidine rings is 1. The Balaban J connectivity index is 1.74. The number of fused-ring (bicyclic) bond motifs is 3. The Bertz CT molecular complexity index is 1060. The number of ether oxygens (including phenoxy) is 3. The van der Waals surface area contributed by atoms with Gasteiger partial charge in [-0.25, -0.2) is 4.79 Å². The largest absolute Gasteiger partial charge is 0.497 e. The van der Waals surface area contributed by atoms with E-state index >= 15 is 0 Å². The third-order valence-electron chi connectivity index (χ3n) is 9.28. The van der Waals surface area contributed by atoms with Gasteiger partial charge in [0.1, 0.15) is 5.75 Å². The highest BCUT2D eigenvalue weighted by molar-refractivity contribution is 6.10. The van der Waals surface area contributed by atoms with Crippen molar-refractivity contribution in [3.8, 4) is 5.75 Å². The van der Waals surface area contributed by atoms with Crippen LogP contribution in [-0.2, 0) is 24.5 Å². The van der Waals surface area contributed by atoms with Gasteiger partial charge in [-0.05, 0) is 69.0 Å². The zero-order valence-corrected chi connectivity index (χ0v) is 18.7. The average Bonchev–Trinajstić information content (AvgIpc) is 2.97. The molecule has 32 heavy (non-hydrogen) atoms. The monoisotopic (exact) mass is 440 g/mol. The summed E-state index contributed by atoms with van der Waals surface area (Å²) in [6.45, 7) is 1.56. The van der Waals surface area contributed by atoms with Crippen LogP contribution in [0.3, 0.4) is 0 Å². The molecule has 8 rings (SSSR count). The molecule has 3 saturated heterocycles. The van der Waals surface area contributed by atoms with Crippen molar-refractivity contribution in [2.24, 2.45) is 11.3 Å². The number of hydrogen-bond acceptors (Lipinski definition) is 7. The highest BCUT2D eigenvalue weighted by Crippen LogP contribution is 2.73. The van der Waals surface area contributed by atoms with E-state index in [1.54, 1.807) is 18.1 Å². The van der Waals surface area contributed by atoms with Gasteiger partial charge in [-0.1, -0.05) is 0 Å². The van der Waals surface area contributed by atoms with Gasteiger partial charge < -0.3 is 14.2 Å². The van der Waals surface area contributed by atoms with E-state index < -0.39 is 28.4 Å². The Morgan fingerprint density at radius 1 is 1.03 bits per heavy atom. The maximum atomic E-state index is 14.7. The summed E-state index contributed by atoms with van der Waals surface area (Å²) >= 11 is 0. The lowest BCUT2D eigenvalue weighted by Gasteiger charge is -2.67. The first-order chi connectivity index (χ1) is 15.4. The highest BCUT2D eigenvalue weighted by Gasteiger charge is 2.84. The van der Waals surface area contributed by atoms with E-state index in [9.17, 15) is 14.4 Å². The molecule has 170 valence electrons. The number of hydrogen-bond donors (Lipinski definition) is 0. The SMILES string of the molecule is COC(=O)[C@H]1[C@@H]2N3CCC[C@@]24CC[C@@]12N(C(=O)OC)c1ccc(OC)cc1[C@]2(CC3)C4=O. The maximum absolute atomic E-state index is 14.7. The molecule has 7 aliphatic rings. The van der Waals surface area contributed by atoms with Crippen molar-refractivity contribution >= 4 is 23.5 Å². The van der Waals surface area contributed by atoms with Gasteiger partial charge in [0.25, 0.3) is 0 Å². The molecule has 1 aromatic carbocycles. The second-order valence-electron chi connectivity index (χ2n) is 9.84. The molecule has 0 radical (unpaired) electrons. The fourth-order valence-electron chi connectivity index (χ4n) is 8.35. The Morgan fingerprint density at radius 3 is 2.56 bits per heavy atom. The molecule has 5 bridgehead atoms. The summed E-state index contributed by atoms with van der Waals surface area (Å²) in [6.07, 6.45) is 2.96. The van der Waals surface area contributed by atoms with Crippen molar-refractivity contribution in [3.63, 3.8) is 0 Å². The number of anilines is 1. The van der Waals surface area contributed by atoms with Crippen molar-refractivity contribution in [1.82, 2.24) is 4.90 Å². The lowest BCUT2D eigenvalue weighted by Crippen LogP contribution is -2.82. The van der Waals surface area contributed by atoms with Crippen LogP contribution < -0.4 is 9.64 Å². The van der Waals surface area contributed by atoms with Crippen LogP contribution in [0.25, 0.3) is 0 Å². The molecule has 8 nitrogen and oxygen atoms in total. The minimum atomic E-state index is -1.04. The molecule has 1 amide bonds. The lowest BCUT2D eigenvalue weighted by molar-refractivity contribution is -0.183. The number of amides is 1. The van der Waals surface area contributed by atoms with E-state index in [0.717, 1.165) is 24.9 Å². The van der Waals surface area contributed by atoms with Crippen molar-refractivity contribution in [2.75, 3.05) is 39.3 Å². The first kappa shape index (κ1) is 20.0. The summed E-state index contributed by atoms with van der Waals surface area (Å²) in [5.41, 5.74) is -1.20. The Morgan fingerprint density at radius 2 is 1.84 bits per heavy atom. The fraction of sp³-hybridized carbons (Fsp3) is 0.625. The number of carbonyl (C=O) groups excluding carboxylic acids is 3. The molecular formula is C24H28N2O6. The molecule has 3 spiro atoms. The quantitative estimate of drug-likeness (QED) is 0.652. The van der Waals surface area contributed by atoms with E-state index in [-0.39, 0.29) is 17.8 Å². The Kier molecular flexibility index (Phi) is 3.91. The summed E-state index contributed by atoms with van der Waals surface area (Å²) in [4.78, 5) is 45.5. The highest BCUT2D eigenvalue weighted by atomic mass is 16.5. The number of carbonyl (C=O) groups is 3. The van der Waals surface area contributed by atoms with E-state index in [2.05, 4.69) is 4.90 Å². The molecule has 1 unspecified atom stereocenters. The number of methoxy groups -OCH3 is 3. The smallest absolute Gasteiger partial charge is 0.414 e. The number of ketones is 1. The minimum Gasteiger partial charge on any atom is -0.497 e. The molecule has 0 aromatic heterocycles. The number of benzene rings is 1. The molecular weight excluding hydrogens is 412 g/mol. The van der Waals surface area contributed by atoms with Gasteiger partial charge in [0.05, 0.1) is 43.9 Å². The number of rotatable bonds is 2. The van der Waals surface area contributed by atoms with Crippen molar-refractivity contribution < 1.29 is 28.6 Å². The van der Waals surface area contributed by atoms with Crippen LogP contribution >= 0.6 is 0 Å². The zero-order chi connectivity index (χ0) is 22.5. The normalized spacial score (nSPS) is 40.4. The summed E-state index contributed by atoms with van der Waals surface area (Å²) < 4.78 is 16.1. The zero-order valence-electron chi connectivity index (χ0n) is 18.7. The molecule has 6 fully saturated rings. The maximum Gasteiger partial charge on any atom is 0.414 e. The van der Waals surface area contributed by atoms with Gasteiger partial charge >= 0.3 is 12.1 Å². The second kappa shape index (κ2) is 6.25. The molecule has 4 heterocycles. The van der Waals surface area contributed by atoms with Crippen LogP contribution in [0, 0.1) is 11.3 Å². The van der Waals surface area contributed by atoms with Gasteiger partial charge in [0, 0.05) is 11.5 Å². The first-order valence-corrected chi connectivity index (χ1v) is 11.4. The van der Waals surface area contributed by atoms with Crippen LogP contribution in [0.4, 0.5) is 10.5 Å². The van der Waals surface area contributed by atoms with E-state index in [1.807, 2.05) is 12.1 Å². The van der Waals surface area contributed by atoms with Gasteiger partial charge in [0.2, 0.25) is 0 Å². The molecule has 3 aliphatic carbocycles. The van der Waals surface area contributed by atoms with Crippen molar-refractivity contribution in [1.29, 1.82) is 0 Å². The van der Waals surface area contributed by atoms with Crippen LogP contribution in [0.15, 0.2) is 18.2 Å². The lowest BCUT2D eigenvalue weighted by atomic mass is 9.38. The van der Waals surface area contributed by atoms with Crippen molar-refractivity contribution in [2.45, 2.75) is 49.1 Å². The Hall–Kier alpha value is -2.61. The molecule has 1 aromatic rings. The third kappa shape index (κ3) is 1.86. The molecule has 0 N–H and O–H groups in total. The third-order valence-corrected chi connectivity index (χ3v) is 9.28. The predicted molar refractivity (Wildman–Crippen MR) is 114 cm³/mol. The number of esters is 1. The molecule has 8 heteroatoms. The van der Waals surface area contributed by atoms with Crippen LogP contribution in [0.1, 0.15) is 37.7 Å². The minimum absolute atomic E-state index is 0.185. The molecule has 6 atom stereocenters. The number of nitrogens with zero attached hydrogens (tertiary/aromatic N) is 2. The standard InChI is InChI=1S/C24H28N2O6/c1-30-14-5-6-16-15(13-14)23-10-12-25-11-4-7-22(20(23)28)8-9-24(23,26(16)21(29)32-3)17(18(22)25)19(27)31-2/h5-6,13,17-18H,4,7-12H2,1-3H3/t17-,18+,22-,23-,24-/m1/s1. The summed E-state index contributed by atoms with van der Waals surface area (Å²) in [7, 11) is 4.34. The second-order valence-corrected chi connectivity index (χ2v) is 9.84. The van der Waals surface area contributed by atoms with Gasteiger partial charge in [-0.2, -0.15) is 0 Å². The van der Waals surface area contributed by atoms with Gasteiger partial charge in [-0.3, -0.25) is 19.4 Å². The Labute approximate surface area is 186 Å². The predicted octanol–water partition coefficient (Wildman–Crippen LogP) is 2.28. The van der Waals surface area contributed by atoms with Gasteiger partial charge in [0.15, 0.2) is 5.78 Å². The van der Waals surface area contributed by atoms with Crippen LogP contribution in [0.5, 0.6) is 5.75 Å². The van der Waals surface area contributed by atoms with Crippen LogP contribution in [-0.4, -0.2) is 68.7 Å². The molecule has 3 saturated carbocycles. The molecule has 4 aliphatic heterocycles. The van der Waals surface area contributed by atoms with E-state index in [4.69, 9.17) is 14.2 Å². The number of Topliss-reactive ketones (excluding diaryl/α,β-unsaturated/α-hetero) is 1. The summed E-state index contributed by atoms with van der Waals surface area (Å²) in [5.74, 6) is -0.160. The average molecular weight is 440 g/mol. The summed E-state index contributed by atoms with van der Waals surface area (Å²) in [6, 6.07) is 5.26. The van der Waals surface area contributed by atoms with Crippen LogP contribution in [0.2, 0.25) is 0 Å². The van der Waals surface area contributed by atoms with Crippen molar-refractivity contribution in [3.05, 3.63) is 23.8 Å².